The number of aliphatic hydroxyl groups is 1. The minimum Gasteiger partial charge on any atom is -0.374 e. The van der Waals surface area contributed by atoms with E-state index in [-0.39, 0.29) is 0 Å². The molecule has 0 fully saturated rings. The summed E-state index contributed by atoms with van der Waals surface area (Å²) < 4.78 is 0. The first-order chi connectivity index (χ1) is 8.58. The number of benzene rings is 2. The molecule has 0 saturated heterocycles. The van der Waals surface area contributed by atoms with E-state index in [1.165, 1.54) is 5.56 Å². The molecule has 2 aromatic rings. The van der Waals surface area contributed by atoms with Crippen LogP contribution >= 0.6 is 0 Å². The number of hydrogen-bond donors (Lipinski definition) is 1. The fourth-order valence-electron chi connectivity index (χ4n) is 1.75. The topological polar surface area (TPSA) is 20.2 Å². The highest BCUT2D eigenvalue weighted by Gasteiger charge is 2.18. The van der Waals surface area contributed by atoms with Gasteiger partial charge in [0, 0.05) is 5.56 Å². The molecule has 0 aliphatic rings. The molecule has 18 heavy (non-hydrogen) atoms. The van der Waals surface area contributed by atoms with Crippen LogP contribution in [0.2, 0.25) is 0 Å². The van der Waals surface area contributed by atoms with Gasteiger partial charge in [0.15, 0.2) is 0 Å². The first kappa shape index (κ1) is 12.4. The van der Waals surface area contributed by atoms with Gasteiger partial charge in [0.1, 0.15) is 5.60 Å². The van der Waals surface area contributed by atoms with Gasteiger partial charge in [-0.25, -0.2) is 0 Å². The Morgan fingerprint density at radius 2 is 1.72 bits per heavy atom. The van der Waals surface area contributed by atoms with Gasteiger partial charge in [0.2, 0.25) is 0 Å². The lowest BCUT2D eigenvalue weighted by atomic mass is 9.96. The zero-order chi connectivity index (χ0) is 13.0. The summed E-state index contributed by atoms with van der Waals surface area (Å²) in [6.45, 7) is 3.74. The highest BCUT2D eigenvalue weighted by molar-refractivity contribution is 5.40. The molecule has 0 spiro atoms. The summed E-state index contributed by atoms with van der Waals surface area (Å²) in [6.07, 6.45) is 0. The smallest absolute Gasteiger partial charge is 0.148 e. The first-order valence-corrected chi connectivity index (χ1v) is 5.96. The SMILES string of the molecule is Cc1cccc(C#CC(C)(O)c2ccccc2)c1. The van der Waals surface area contributed by atoms with Gasteiger partial charge in [-0.1, -0.05) is 54.3 Å². The van der Waals surface area contributed by atoms with E-state index in [2.05, 4.69) is 11.8 Å². The Labute approximate surface area is 108 Å². The van der Waals surface area contributed by atoms with E-state index in [1.54, 1.807) is 6.92 Å². The summed E-state index contributed by atoms with van der Waals surface area (Å²) in [4.78, 5) is 0. The molecule has 0 aliphatic heterocycles. The van der Waals surface area contributed by atoms with E-state index in [9.17, 15) is 5.11 Å². The molecule has 0 radical (unpaired) electrons. The number of rotatable bonds is 1. The second-order valence-corrected chi connectivity index (χ2v) is 4.56. The van der Waals surface area contributed by atoms with E-state index in [1.807, 2.05) is 61.5 Å². The van der Waals surface area contributed by atoms with Crippen LogP contribution in [0.15, 0.2) is 54.6 Å². The molecule has 0 aromatic heterocycles. The molecule has 1 heteroatoms. The zero-order valence-electron chi connectivity index (χ0n) is 10.6. The lowest BCUT2D eigenvalue weighted by molar-refractivity contribution is 0.122. The van der Waals surface area contributed by atoms with Crippen molar-refractivity contribution < 1.29 is 5.11 Å². The summed E-state index contributed by atoms with van der Waals surface area (Å²) in [5, 5.41) is 10.3. The summed E-state index contributed by atoms with van der Waals surface area (Å²) >= 11 is 0. The average molecular weight is 236 g/mol. The molecule has 0 saturated carbocycles. The van der Waals surface area contributed by atoms with Crippen molar-refractivity contribution in [2.75, 3.05) is 0 Å². The Bertz CT molecular complexity index is 586. The Hall–Kier alpha value is -2.04. The largest absolute Gasteiger partial charge is 0.374 e. The molecule has 0 amide bonds. The fourth-order valence-corrected chi connectivity index (χ4v) is 1.75. The molecule has 1 unspecified atom stereocenters. The van der Waals surface area contributed by atoms with Crippen LogP contribution in [-0.2, 0) is 5.60 Å². The van der Waals surface area contributed by atoms with Crippen molar-refractivity contribution in [1.29, 1.82) is 0 Å². The molecular weight excluding hydrogens is 220 g/mol. The van der Waals surface area contributed by atoms with E-state index >= 15 is 0 Å². The van der Waals surface area contributed by atoms with Gasteiger partial charge in [-0.2, -0.15) is 0 Å². The first-order valence-electron chi connectivity index (χ1n) is 5.96. The van der Waals surface area contributed by atoms with Crippen molar-refractivity contribution >= 4 is 0 Å². The number of hydrogen-bond acceptors (Lipinski definition) is 1. The van der Waals surface area contributed by atoms with Crippen LogP contribution in [0, 0.1) is 18.8 Å². The second kappa shape index (κ2) is 5.08. The fraction of sp³-hybridized carbons (Fsp3) is 0.176. The zero-order valence-corrected chi connectivity index (χ0v) is 10.6. The molecule has 0 heterocycles. The molecule has 2 aromatic carbocycles. The molecule has 1 N–H and O–H groups in total. The van der Waals surface area contributed by atoms with Crippen LogP contribution in [0.5, 0.6) is 0 Å². The monoisotopic (exact) mass is 236 g/mol. The third-order valence-corrected chi connectivity index (χ3v) is 2.80. The maximum atomic E-state index is 10.3. The van der Waals surface area contributed by atoms with Gasteiger partial charge < -0.3 is 5.11 Å². The Kier molecular flexibility index (Phi) is 3.50. The van der Waals surface area contributed by atoms with Crippen LogP contribution in [0.3, 0.4) is 0 Å². The maximum absolute atomic E-state index is 10.3. The Balaban J connectivity index is 2.29. The molecular formula is C17H16O. The second-order valence-electron chi connectivity index (χ2n) is 4.56. The van der Waals surface area contributed by atoms with Crippen molar-refractivity contribution in [2.45, 2.75) is 19.4 Å². The van der Waals surface area contributed by atoms with Crippen molar-refractivity contribution in [1.82, 2.24) is 0 Å². The Morgan fingerprint density at radius 1 is 1.00 bits per heavy atom. The number of aryl methyl sites for hydroxylation is 1. The Morgan fingerprint density at radius 3 is 2.39 bits per heavy atom. The lowest BCUT2D eigenvalue weighted by Gasteiger charge is -2.16. The summed E-state index contributed by atoms with van der Waals surface area (Å²) in [6, 6.07) is 17.4. The standard InChI is InChI=1S/C17H16O/c1-14-7-6-8-15(13-14)11-12-17(2,18)16-9-4-3-5-10-16/h3-10,13,18H,1-2H3. The average Bonchev–Trinajstić information content (AvgIpc) is 2.38. The molecule has 0 bridgehead atoms. The van der Waals surface area contributed by atoms with Crippen LogP contribution < -0.4 is 0 Å². The van der Waals surface area contributed by atoms with Crippen molar-refractivity contribution in [3.05, 3.63) is 71.3 Å². The quantitative estimate of drug-likeness (QED) is 0.753. The van der Waals surface area contributed by atoms with Gasteiger partial charge in [0.25, 0.3) is 0 Å². The summed E-state index contributed by atoms with van der Waals surface area (Å²) in [7, 11) is 0. The van der Waals surface area contributed by atoms with Crippen LogP contribution in [-0.4, -0.2) is 5.11 Å². The third-order valence-electron chi connectivity index (χ3n) is 2.80. The normalized spacial score (nSPS) is 13.3. The highest BCUT2D eigenvalue weighted by atomic mass is 16.3. The van der Waals surface area contributed by atoms with Gasteiger partial charge in [-0.05, 0) is 37.1 Å². The van der Waals surface area contributed by atoms with Crippen molar-refractivity contribution in [3.63, 3.8) is 0 Å². The summed E-state index contributed by atoms with van der Waals surface area (Å²) in [5.41, 5.74) is 1.78. The highest BCUT2D eigenvalue weighted by Crippen LogP contribution is 2.19. The predicted octanol–water partition coefficient (Wildman–Crippen LogP) is 3.25. The molecule has 0 aliphatic carbocycles. The predicted molar refractivity (Wildman–Crippen MR) is 74.1 cm³/mol. The van der Waals surface area contributed by atoms with Crippen LogP contribution in [0.25, 0.3) is 0 Å². The van der Waals surface area contributed by atoms with Crippen molar-refractivity contribution in [3.8, 4) is 11.8 Å². The van der Waals surface area contributed by atoms with Crippen LogP contribution in [0.1, 0.15) is 23.6 Å². The molecule has 90 valence electrons. The van der Waals surface area contributed by atoms with Gasteiger partial charge >= 0.3 is 0 Å². The lowest BCUT2D eigenvalue weighted by Crippen LogP contribution is -2.18. The van der Waals surface area contributed by atoms with Crippen molar-refractivity contribution in [2.24, 2.45) is 0 Å². The van der Waals surface area contributed by atoms with E-state index in [0.717, 1.165) is 11.1 Å². The van der Waals surface area contributed by atoms with Gasteiger partial charge in [-0.15, -0.1) is 0 Å². The van der Waals surface area contributed by atoms with E-state index in [0.29, 0.717) is 0 Å². The van der Waals surface area contributed by atoms with Crippen LogP contribution in [0.4, 0.5) is 0 Å². The van der Waals surface area contributed by atoms with Gasteiger partial charge in [-0.3, -0.25) is 0 Å². The van der Waals surface area contributed by atoms with Gasteiger partial charge in [0.05, 0.1) is 0 Å². The van der Waals surface area contributed by atoms with E-state index < -0.39 is 5.60 Å². The van der Waals surface area contributed by atoms with E-state index in [4.69, 9.17) is 0 Å². The minimum atomic E-state index is -1.12. The molecule has 1 atom stereocenters. The molecule has 2 rings (SSSR count). The summed E-state index contributed by atoms with van der Waals surface area (Å²) in [5.74, 6) is 5.95. The minimum absolute atomic E-state index is 0.810. The maximum Gasteiger partial charge on any atom is 0.148 e. The third kappa shape index (κ3) is 3.00. The molecule has 1 nitrogen and oxygen atoms in total.